The van der Waals surface area contributed by atoms with Crippen LogP contribution in [0.25, 0.3) is 10.8 Å². The van der Waals surface area contributed by atoms with Crippen LogP contribution in [0.4, 0.5) is 5.69 Å². The standard InChI is InChI=1S/C11H11N/c1-8-5-6-9-3-2-4-11(12)10(9)7-8/h2-7H,12H2,1H3. The molecular formula is C11H11N. The number of fused-ring (bicyclic) bond motifs is 1. The van der Waals surface area contributed by atoms with E-state index in [1.165, 1.54) is 10.9 Å². The maximum Gasteiger partial charge on any atom is 0.0393 e. The van der Waals surface area contributed by atoms with Gasteiger partial charge in [0.1, 0.15) is 0 Å². The molecule has 12 heavy (non-hydrogen) atoms. The SMILES string of the molecule is Cc1ccc2cccc(N)c2c1. The third-order valence-electron chi connectivity index (χ3n) is 2.07. The van der Waals surface area contributed by atoms with Crippen LogP contribution >= 0.6 is 0 Å². The highest BCUT2D eigenvalue weighted by molar-refractivity contribution is 5.93. The van der Waals surface area contributed by atoms with Gasteiger partial charge in [0.25, 0.3) is 0 Å². The van der Waals surface area contributed by atoms with E-state index in [4.69, 9.17) is 5.73 Å². The van der Waals surface area contributed by atoms with Gasteiger partial charge in [0.05, 0.1) is 0 Å². The molecule has 0 fully saturated rings. The van der Waals surface area contributed by atoms with Crippen LogP contribution in [-0.4, -0.2) is 0 Å². The third-order valence-corrected chi connectivity index (χ3v) is 2.07. The fourth-order valence-corrected chi connectivity index (χ4v) is 1.41. The van der Waals surface area contributed by atoms with Gasteiger partial charge < -0.3 is 5.73 Å². The zero-order chi connectivity index (χ0) is 8.55. The van der Waals surface area contributed by atoms with Crippen LogP contribution in [0.2, 0.25) is 0 Å². The van der Waals surface area contributed by atoms with Crippen molar-refractivity contribution in [3.05, 3.63) is 42.0 Å². The van der Waals surface area contributed by atoms with Gasteiger partial charge in [-0.05, 0) is 24.4 Å². The number of aryl methyl sites for hydroxylation is 1. The molecule has 0 saturated carbocycles. The van der Waals surface area contributed by atoms with Crippen LogP contribution in [0.15, 0.2) is 36.4 Å². The molecule has 1 nitrogen and oxygen atoms in total. The van der Waals surface area contributed by atoms with Gasteiger partial charge in [-0.25, -0.2) is 0 Å². The first-order valence-corrected chi connectivity index (χ1v) is 4.02. The van der Waals surface area contributed by atoms with Crippen LogP contribution in [0.1, 0.15) is 5.56 Å². The number of nitrogens with two attached hydrogens (primary N) is 1. The van der Waals surface area contributed by atoms with Crippen molar-refractivity contribution >= 4 is 16.5 Å². The lowest BCUT2D eigenvalue weighted by Crippen LogP contribution is -1.86. The average Bonchev–Trinajstić information content (AvgIpc) is 2.07. The molecule has 60 valence electrons. The zero-order valence-corrected chi connectivity index (χ0v) is 7.04. The minimum Gasteiger partial charge on any atom is -0.398 e. The van der Waals surface area contributed by atoms with Gasteiger partial charge in [-0.3, -0.25) is 0 Å². The van der Waals surface area contributed by atoms with Crippen molar-refractivity contribution in [2.24, 2.45) is 0 Å². The largest absolute Gasteiger partial charge is 0.398 e. The van der Waals surface area contributed by atoms with Crippen molar-refractivity contribution in [2.75, 3.05) is 5.73 Å². The van der Waals surface area contributed by atoms with Gasteiger partial charge in [0, 0.05) is 11.1 Å². The van der Waals surface area contributed by atoms with E-state index >= 15 is 0 Å². The van der Waals surface area contributed by atoms with E-state index in [0.29, 0.717) is 0 Å². The zero-order valence-electron chi connectivity index (χ0n) is 7.04. The van der Waals surface area contributed by atoms with Gasteiger partial charge in [-0.15, -0.1) is 0 Å². The van der Waals surface area contributed by atoms with Crippen molar-refractivity contribution in [3.63, 3.8) is 0 Å². The van der Waals surface area contributed by atoms with Gasteiger partial charge in [-0.1, -0.05) is 29.8 Å². The Morgan fingerprint density at radius 2 is 1.92 bits per heavy atom. The molecule has 2 rings (SSSR count). The van der Waals surface area contributed by atoms with Gasteiger partial charge in [-0.2, -0.15) is 0 Å². The fourth-order valence-electron chi connectivity index (χ4n) is 1.41. The first-order chi connectivity index (χ1) is 5.77. The highest BCUT2D eigenvalue weighted by Crippen LogP contribution is 2.21. The molecule has 0 aromatic heterocycles. The van der Waals surface area contributed by atoms with Crippen LogP contribution in [0.5, 0.6) is 0 Å². The fraction of sp³-hybridized carbons (Fsp3) is 0.0909. The lowest BCUT2D eigenvalue weighted by atomic mass is 10.1. The molecule has 0 aliphatic heterocycles. The van der Waals surface area contributed by atoms with Crippen LogP contribution in [-0.2, 0) is 0 Å². The Morgan fingerprint density at radius 1 is 1.08 bits per heavy atom. The summed E-state index contributed by atoms with van der Waals surface area (Å²) in [4.78, 5) is 0. The van der Waals surface area contributed by atoms with E-state index in [-0.39, 0.29) is 0 Å². The molecule has 2 aromatic rings. The minimum absolute atomic E-state index is 0.858. The van der Waals surface area contributed by atoms with Crippen molar-refractivity contribution in [1.29, 1.82) is 0 Å². The summed E-state index contributed by atoms with van der Waals surface area (Å²) in [5.41, 5.74) is 7.93. The molecule has 0 amide bonds. The summed E-state index contributed by atoms with van der Waals surface area (Å²) in [6.07, 6.45) is 0. The molecule has 0 heterocycles. The first kappa shape index (κ1) is 7.17. The van der Waals surface area contributed by atoms with E-state index in [2.05, 4.69) is 31.2 Å². The van der Waals surface area contributed by atoms with Crippen molar-refractivity contribution in [1.82, 2.24) is 0 Å². The Bertz CT molecular complexity index is 418. The second-order valence-corrected chi connectivity index (χ2v) is 3.07. The van der Waals surface area contributed by atoms with E-state index in [0.717, 1.165) is 11.1 Å². The predicted molar refractivity (Wildman–Crippen MR) is 53.1 cm³/mol. The summed E-state index contributed by atoms with van der Waals surface area (Å²) in [6.45, 7) is 2.08. The molecule has 0 spiro atoms. The molecule has 0 saturated heterocycles. The molecular weight excluding hydrogens is 146 g/mol. The molecule has 0 aliphatic rings. The number of rotatable bonds is 0. The summed E-state index contributed by atoms with van der Waals surface area (Å²) < 4.78 is 0. The third kappa shape index (κ3) is 1.03. The molecule has 0 bridgehead atoms. The van der Waals surface area contributed by atoms with Crippen LogP contribution in [0, 0.1) is 6.92 Å². The summed E-state index contributed by atoms with van der Waals surface area (Å²) in [5.74, 6) is 0. The minimum atomic E-state index is 0.858. The molecule has 2 aromatic carbocycles. The van der Waals surface area contributed by atoms with Gasteiger partial charge in [0.2, 0.25) is 0 Å². The smallest absolute Gasteiger partial charge is 0.0393 e. The molecule has 0 unspecified atom stereocenters. The maximum absolute atomic E-state index is 5.83. The Labute approximate surface area is 71.8 Å². The number of benzene rings is 2. The highest BCUT2D eigenvalue weighted by atomic mass is 14.5. The second kappa shape index (κ2) is 2.52. The molecule has 0 radical (unpaired) electrons. The number of anilines is 1. The molecule has 2 N–H and O–H groups in total. The number of hydrogen-bond donors (Lipinski definition) is 1. The molecule has 0 aliphatic carbocycles. The van der Waals surface area contributed by atoms with E-state index in [1.54, 1.807) is 0 Å². The van der Waals surface area contributed by atoms with Crippen molar-refractivity contribution in [2.45, 2.75) is 6.92 Å². The van der Waals surface area contributed by atoms with Gasteiger partial charge >= 0.3 is 0 Å². The van der Waals surface area contributed by atoms with Crippen molar-refractivity contribution < 1.29 is 0 Å². The lowest BCUT2D eigenvalue weighted by molar-refractivity contribution is 1.51. The summed E-state index contributed by atoms with van der Waals surface area (Å²) >= 11 is 0. The Balaban J connectivity index is 2.88. The van der Waals surface area contributed by atoms with E-state index < -0.39 is 0 Å². The maximum atomic E-state index is 5.83. The summed E-state index contributed by atoms with van der Waals surface area (Å²) in [5, 5.41) is 2.36. The van der Waals surface area contributed by atoms with E-state index in [9.17, 15) is 0 Å². The Morgan fingerprint density at radius 3 is 2.75 bits per heavy atom. The first-order valence-electron chi connectivity index (χ1n) is 4.02. The lowest BCUT2D eigenvalue weighted by Gasteiger charge is -2.01. The Kier molecular flexibility index (Phi) is 1.51. The average molecular weight is 157 g/mol. The Hall–Kier alpha value is -1.50. The monoisotopic (exact) mass is 157 g/mol. The van der Waals surface area contributed by atoms with E-state index in [1.807, 2.05) is 12.1 Å². The normalized spacial score (nSPS) is 10.4. The highest BCUT2D eigenvalue weighted by Gasteiger charge is 1.95. The van der Waals surface area contributed by atoms with Crippen LogP contribution < -0.4 is 5.73 Å². The molecule has 0 atom stereocenters. The van der Waals surface area contributed by atoms with Crippen molar-refractivity contribution in [3.8, 4) is 0 Å². The quantitative estimate of drug-likeness (QED) is 0.584. The van der Waals surface area contributed by atoms with Gasteiger partial charge in [0.15, 0.2) is 0 Å². The summed E-state index contributed by atoms with van der Waals surface area (Å²) in [6, 6.07) is 12.3. The summed E-state index contributed by atoms with van der Waals surface area (Å²) in [7, 11) is 0. The number of nitrogen functional groups attached to an aromatic ring is 1. The molecule has 1 heteroatoms. The number of hydrogen-bond acceptors (Lipinski definition) is 1. The topological polar surface area (TPSA) is 26.0 Å². The second-order valence-electron chi connectivity index (χ2n) is 3.07. The van der Waals surface area contributed by atoms with Crippen LogP contribution in [0.3, 0.4) is 0 Å². The predicted octanol–water partition coefficient (Wildman–Crippen LogP) is 2.73.